The van der Waals surface area contributed by atoms with Crippen molar-refractivity contribution in [3.05, 3.63) is 29.3 Å². The van der Waals surface area contributed by atoms with Gasteiger partial charge in [0.05, 0.1) is 0 Å². The Labute approximate surface area is 168 Å². The largest absolute Gasteiger partial charge is 0.484 e. The molecule has 0 saturated heterocycles. The van der Waals surface area contributed by atoms with Gasteiger partial charge in [-0.15, -0.1) is 24.0 Å². The minimum absolute atomic E-state index is 0. The maximum absolute atomic E-state index is 12.4. The summed E-state index contributed by atoms with van der Waals surface area (Å²) in [5.74, 6) is 0.825. The second-order valence-electron chi connectivity index (χ2n) is 5.37. The van der Waals surface area contributed by atoms with E-state index in [1.54, 1.807) is 30.9 Å². The van der Waals surface area contributed by atoms with E-state index in [9.17, 15) is 13.2 Å². The smallest absolute Gasteiger partial charge is 0.422 e. The molecule has 0 aliphatic carbocycles. The molecular weight excluding hydrogens is 466 g/mol. The predicted octanol–water partition coefficient (Wildman–Crippen LogP) is 3.97. The van der Waals surface area contributed by atoms with Crippen LogP contribution in [0.3, 0.4) is 0 Å². The number of alkyl halides is 3. The van der Waals surface area contributed by atoms with E-state index in [-0.39, 0.29) is 29.7 Å². The van der Waals surface area contributed by atoms with Crippen molar-refractivity contribution in [3.63, 3.8) is 0 Å². The van der Waals surface area contributed by atoms with Crippen LogP contribution in [-0.4, -0.2) is 43.8 Å². The number of aliphatic imine (C=N–C) groups is 1. The van der Waals surface area contributed by atoms with Gasteiger partial charge in [-0.2, -0.15) is 24.9 Å². The highest BCUT2D eigenvalue weighted by Gasteiger charge is 2.28. The number of benzene rings is 1. The van der Waals surface area contributed by atoms with E-state index in [1.165, 1.54) is 0 Å². The molecule has 0 spiro atoms. The van der Waals surface area contributed by atoms with Crippen molar-refractivity contribution >= 4 is 41.7 Å². The molecule has 1 atom stereocenters. The molecule has 0 radical (unpaired) electrons. The van der Waals surface area contributed by atoms with Crippen LogP contribution in [0.15, 0.2) is 23.2 Å². The predicted molar refractivity (Wildman–Crippen MR) is 109 cm³/mol. The van der Waals surface area contributed by atoms with Crippen LogP contribution < -0.4 is 15.4 Å². The molecule has 1 rings (SSSR count). The highest BCUT2D eigenvalue weighted by Crippen LogP contribution is 2.23. The normalized spacial score (nSPS) is 13.0. The molecule has 2 N–H and O–H groups in total. The fraction of sp³-hybridized carbons (Fsp3) is 0.562. The van der Waals surface area contributed by atoms with Gasteiger partial charge < -0.3 is 15.4 Å². The molecule has 0 aliphatic heterocycles. The summed E-state index contributed by atoms with van der Waals surface area (Å²) in [7, 11) is 1.65. The molecule has 25 heavy (non-hydrogen) atoms. The summed E-state index contributed by atoms with van der Waals surface area (Å²) in [6.45, 7) is 3.66. The average Bonchev–Trinajstić information content (AvgIpc) is 2.53. The molecule has 0 saturated carbocycles. The van der Waals surface area contributed by atoms with E-state index in [0.717, 1.165) is 12.1 Å². The number of aryl methyl sites for hydroxylation is 1. The van der Waals surface area contributed by atoms with Gasteiger partial charge in [0, 0.05) is 31.0 Å². The van der Waals surface area contributed by atoms with E-state index < -0.39 is 12.8 Å². The molecule has 9 heteroatoms. The van der Waals surface area contributed by atoms with Crippen LogP contribution in [0.5, 0.6) is 5.75 Å². The average molecular weight is 491 g/mol. The molecule has 1 unspecified atom stereocenters. The topological polar surface area (TPSA) is 45.7 Å². The fourth-order valence-corrected chi connectivity index (χ4v) is 2.08. The minimum Gasteiger partial charge on any atom is -0.484 e. The van der Waals surface area contributed by atoms with Gasteiger partial charge in [0.25, 0.3) is 0 Å². The van der Waals surface area contributed by atoms with Crippen molar-refractivity contribution < 1.29 is 17.9 Å². The third-order valence-corrected chi connectivity index (χ3v) is 4.21. The summed E-state index contributed by atoms with van der Waals surface area (Å²) in [6.07, 6.45) is -2.33. The second-order valence-corrected chi connectivity index (χ2v) is 6.64. The monoisotopic (exact) mass is 491 g/mol. The van der Waals surface area contributed by atoms with Gasteiger partial charge >= 0.3 is 6.18 Å². The molecule has 1 aromatic rings. The van der Waals surface area contributed by atoms with E-state index >= 15 is 0 Å². The van der Waals surface area contributed by atoms with Gasteiger partial charge in [-0.3, -0.25) is 4.99 Å². The van der Waals surface area contributed by atoms with Crippen molar-refractivity contribution in [3.8, 4) is 5.75 Å². The van der Waals surface area contributed by atoms with E-state index in [2.05, 4.69) is 22.5 Å². The number of halogens is 4. The third-order valence-electron chi connectivity index (χ3n) is 3.24. The second kappa shape index (κ2) is 11.7. The van der Waals surface area contributed by atoms with Gasteiger partial charge in [-0.1, -0.05) is 19.1 Å². The van der Waals surface area contributed by atoms with Crippen molar-refractivity contribution in [2.75, 3.05) is 26.5 Å². The van der Waals surface area contributed by atoms with Gasteiger partial charge in [-0.25, -0.2) is 0 Å². The lowest BCUT2D eigenvalue weighted by Crippen LogP contribution is -2.39. The van der Waals surface area contributed by atoms with Crippen LogP contribution in [0.2, 0.25) is 0 Å². The Morgan fingerprint density at radius 2 is 2.00 bits per heavy atom. The lowest BCUT2D eigenvalue weighted by atomic mass is 10.1. The lowest BCUT2D eigenvalue weighted by Gasteiger charge is -2.17. The quantitative estimate of drug-likeness (QED) is 0.345. The van der Waals surface area contributed by atoms with Gasteiger partial charge in [-0.05, 0) is 24.8 Å². The Kier molecular flexibility index (Phi) is 11.3. The summed E-state index contributed by atoms with van der Waals surface area (Å²) in [6, 6.07) is 5.20. The van der Waals surface area contributed by atoms with Crippen LogP contribution in [-0.2, 0) is 6.54 Å². The number of thioether (sulfide) groups is 1. The summed E-state index contributed by atoms with van der Waals surface area (Å²) in [4.78, 5) is 4.11. The number of rotatable bonds is 7. The van der Waals surface area contributed by atoms with Crippen LogP contribution in [0, 0.1) is 6.92 Å². The summed E-state index contributed by atoms with van der Waals surface area (Å²) in [5.41, 5.74) is 1.48. The first-order chi connectivity index (χ1) is 11.2. The number of guanidine groups is 1. The van der Waals surface area contributed by atoms with Crippen LogP contribution in [0.4, 0.5) is 13.2 Å². The third kappa shape index (κ3) is 10.0. The van der Waals surface area contributed by atoms with E-state index in [4.69, 9.17) is 4.74 Å². The minimum atomic E-state index is -4.36. The standard InChI is InChI=1S/C16H24F3N3OS.HI/c1-11-5-6-13(14(7-11)23-10-16(17,18)19)9-22-15(20-3)21-8-12(2)24-4;/h5-7,12H,8-10H2,1-4H3,(H2,20,21,22);1H. The number of hydrogen-bond acceptors (Lipinski definition) is 3. The molecule has 0 aliphatic rings. The van der Waals surface area contributed by atoms with Gasteiger partial charge in [0.2, 0.25) is 0 Å². The summed E-state index contributed by atoms with van der Waals surface area (Å²) >= 11 is 1.73. The molecule has 1 aromatic carbocycles. The molecule has 0 aromatic heterocycles. The van der Waals surface area contributed by atoms with Crippen molar-refractivity contribution in [1.82, 2.24) is 10.6 Å². The first-order valence-electron chi connectivity index (χ1n) is 7.51. The van der Waals surface area contributed by atoms with Gasteiger partial charge in [0.15, 0.2) is 12.6 Å². The molecular formula is C16H25F3IN3OS. The summed E-state index contributed by atoms with van der Waals surface area (Å²) < 4.78 is 42.1. The van der Waals surface area contributed by atoms with Crippen molar-refractivity contribution in [2.24, 2.45) is 4.99 Å². The van der Waals surface area contributed by atoms with Crippen LogP contribution in [0.1, 0.15) is 18.1 Å². The summed E-state index contributed by atoms with van der Waals surface area (Å²) in [5, 5.41) is 6.69. The van der Waals surface area contributed by atoms with Crippen molar-refractivity contribution in [1.29, 1.82) is 0 Å². The Balaban J connectivity index is 0.00000576. The highest BCUT2D eigenvalue weighted by molar-refractivity contribution is 14.0. The Bertz CT molecular complexity index is 556. The Morgan fingerprint density at radius 3 is 2.56 bits per heavy atom. The Morgan fingerprint density at radius 1 is 1.32 bits per heavy atom. The number of hydrogen-bond donors (Lipinski definition) is 2. The highest BCUT2D eigenvalue weighted by atomic mass is 127. The van der Waals surface area contributed by atoms with Gasteiger partial charge in [0.1, 0.15) is 5.75 Å². The van der Waals surface area contributed by atoms with Crippen LogP contribution >= 0.6 is 35.7 Å². The zero-order valence-electron chi connectivity index (χ0n) is 14.7. The number of ether oxygens (including phenoxy) is 1. The molecule has 4 nitrogen and oxygen atoms in total. The zero-order valence-corrected chi connectivity index (χ0v) is 17.9. The SMILES string of the molecule is CN=C(NCc1ccc(C)cc1OCC(F)(F)F)NCC(C)SC.I. The fourth-order valence-electron chi connectivity index (χ4n) is 1.83. The maximum atomic E-state index is 12.4. The maximum Gasteiger partial charge on any atom is 0.422 e. The zero-order chi connectivity index (χ0) is 18.2. The van der Waals surface area contributed by atoms with Crippen molar-refractivity contribution in [2.45, 2.75) is 31.8 Å². The molecule has 0 amide bonds. The molecule has 0 fully saturated rings. The first kappa shape index (κ1) is 24.2. The molecule has 0 bridgehead atoms. The Hall–Kier alpha value is -0.840. The van der Waals surface area contributed by atoms with Crippen LogP contribution in [0.25, 0.3) is 0 Å². The molecule has 144 valence electrons. The number of nitrogens with zero attached hydrogens (tertiary/aromatic N) is 1. The molecule has 0 heterocycles. The lowest BCUT2D eigenvalue weighted by molar-refractivity contribution is -0.153. The van der Waals surface area contributed by atoms with E-state index in [0.29, 0.717) is 23.3 Å². The number of nitrogens with one attached hydrogen (secondary N) is 2. The van der Waals surface area contributed by atoms with E-state index in [1.807, 2.05) is 19.2 Å². The first-order valence-corrected chi connectivity index (χ1v) is 8.80.